The number of nitrogens with one attached hydrogen (secondary N) is 2. The fourth-order valence-corrected chi connectivity index (χ4v) is 2.96. The van der Waals surface area contributed by atoms with Crippen LogP contribution in [0.2, 0.25) is 0 Å². The van der Waals surface area contributed by atoms with Crippen molar-refractivity contribution in [2.45, 2.75) is 6.54 Å². The maximum atomic E-state index is 12.3. The number of hydrogen-bond donors (Lipinski definition) is 2. The minimum absolute atomic E-state index is 0.149. The molecule has 0 saturated carbocycles. The summed E-state index contributed by atoms with van der Waals surface area (Å²) >= 11 is 2.17. The Bertz CT molecular complexity index is 909. The monoisotopic (exact) mass is 456 g/mol. The molecule has 3 aromatic rings. The average molecular weight is 456 g/mol. The molecule has 0 heterocycles. The molecule has 2 amide bonds. The summed E-state index contributed by atoms with van der Waals surface area (Å²) in [4.78, 5) is 24.5. The van der Waals surface area contributed by atoms with Gasteiger partial charge in [-0.3, -0.25) is 9.59 Å². The summed E-state index contributed by atoms with van der Waals surface area (Å²) in [6.45, 7) is 0.477. The molecule has 26 heavy (non-hydrogen) atoms. The molecule has 0 bridgehead atoms. The molecule has 0 spiro atoms. The van der Waals surface area contributed by atoms with Crippen LogP contribution in [-0.2, 0) is 6.54 Å². The van der Waals surface area contributed by atoms with E-state index in [1.165, 1.54) is 0 Å². The fraction of sp³-hybridized carbons (Fsp3) is 0.0476. The molecule has 0 saturated heterocycles. The Morgan fingerprint density at radius 3 is 2.19 bits per heavy atom. The van der Waals surface area contributed by atoms with Crippen LogP contribution < -0.4 is 10.6 Å². The van der Waals surface area contributed by atoms with Crippen LogP contribution in [0.4, 0.5) is 5.69 Å². The topological polar surface area (TPSA) is 58.2 Å². The quantitative estimate of drug-likeness (QED) is 0.557. The third-order valence-corrected chi connectivity index (χ3v) is 4.46. The Morgan fingerprint density at radius 1 is 0.769 bits per heavy atom. The van der Waals surface area contributed by atoms with Crippen LogP contribution >= 0.6 is 22.6 Å². The molecule has 0 fully saturated rings. The van der Waals surface area contributed by atoms with E-state index in [0.29, 0.717) is 23.4 Å². The lowest BCUT2D eigenvalue weighted by Gasteiger charge is -2.08. The van der Waals surface area contributed by atoms with Gasteiger partial charge in [0.05, 0.1) is 0 Å². The predicted molar refractivity (Wildman–Crippen MR) is 111 cm³/mol. The number of hydrogen-bond acceptors (Lipinski definition) is 2. The van der Waals surface area contributed by atoms with Gasteiger partial charge in [-0.1, -0.05) is 36.4 Å². The SMILES string of the molecule is O=C(NCc1ccccc1)c1ccc(NC(=O)c2cccc(I)c2)cc1. The molecule has 0 aromatic heterocycles. The van der Waals surface area contributed by atoms with E-state index < -0.39 is 0 Å². The molecule has 0 unspecified atom stereocenters. The smallest absolute Gasteiger partial charge is 0.255 e. The lowest BCUT2D eigenvalue weighted by atomic mass is 10.1. The van der Waals surface area contributed by atoms with E-state index in [4.69, 9.17) is 0 Å². The van der Waals surface area contributed by atoms with E-state index in [1.54, 1.807) is 30.3 Å². The molecule has 2 N–H and O–H groups in total. The van der Waals surface area contributed by atoms with Crippen LogP contribution in [-0.4, -0.2) is 11.8 Å². The van der Waals surface area contributed by atoms with Gasteiger partial charge in [-0.2, -0.15) is 0 Å². The fourth-order valence-electron chi connectivity index (χ4n) is 2.42. The second kappa shape index (κ2) is 8.62. The van der Waals surface area contributed by atoms with E-state index in [9.17, 15) is 9.59 Å². The third-order valence-electron chi connectivity index (χ3n) is 3.79. The normalized spacial score (nSPS) is 10.2. The molecular weight excluding hydrogens is 439 g/mol. The summed E-state index contributed by atoms with van der Waals surface area (Å²) in [5.74, 6) is -0.325. The maximum Gasteiger partial charge on any atom is 0.255 e. The van der Waals surface area contributed by atoms with Crippen molar-refractivity contribution in [2.24, 2.45) is 0 Å². The van der Waals surface area contributed by atoms with Gasteiger partial charge in [0, 0.05) is 26.9 Å². The highest BCUT2D eigenvalue weighted by Crippen LogP contribution is 2.13. The molecule has 130 valence electrons. The molecule has 3 aromatic carbocycles. The second-order valence-corrected chi connectivity index (χ2v) is 6.96. The van der Waals surface area contributed by atoms with Crippen molar-refractivity contribution >= 4 is 40.1 Å². The standard InChI is InChI=1S/C21H17IN2O2/c22-18-8-4-7-17(13-18)21(26)24-19-11-9-16(10-12-19)20(25)23-14-15-5-2-1-3-6-15/h1-13H,14H2,(H,23,25)(H,24,26). The van der Waals surface area contributed by atoms with Gasteiger partial charge >= 0.3 is 0 Å². The number of anilines is 1. The highest BCUT2D eigenvalue weighted by atomic mass is 127. The highest BCUT2D eigenvalue weighted by Gasteiger charge is 2.08. The van der Waals surface area contributed by atoms with Crippen LogP contribution in [0.15, 0.2) is 78.9 Å². The largest absolute Gasteiger partial charge is 0.348 e. The van der Waals surface area contributed by atoms with Crippen molar-refractivity contribution in [3.8, 4) is 0 Å². The maximum absolute atomic E-state index is 12.3. The summed E-state index contributed by atoms with van der Waals surface area (Å²) in [5.41, 5.74) is 2.84. The molecule has 0 radical (unpaired) electrons. The number of halogens is 1. The first-order chi connectivity index (χ1) is 12.6. The van der Waals surface area contributed by atoms with E-state index in [-0.39, 0.29) is 11.8 Å². The number of carbonyl (C=O) groups excluding carboxylic acids is 2. The predicted octanol–water partition coefficient (Wildman–Crippen LogP) is 4.47. The molecule has 4 nitrogen and oxygen atoms in total. The number of carbonyl (C=O) groups is 2. The first-order valence-electron chi connectivity index (χ1n) is 8.11. The minimum Gasteiger partial charge on any atom is -0.348 e. The molecule has 0 aliphatic carbocycles. The zero-order valence-corrected chi connectivity index (χ0v) is 16.1. The molecular formula is C21H17IN2O2. The van der Waals surface area contributed by atoms with Crippen LogP contribution in [0.3, 0.4) is 0 Å². The van der Waals surface area contributed by atoms with Crippen molar-refractivity contribution in [2.75, 3.05) is 5.32 Å². The number of rotatable bonds is 5. The van der Waals surface area contributed by atoms with Crippen LogP contribution in [0.5, 0.6) is 0 Å². The lowest BCUT2D eigenvalue weighted by Crippen LogP contribution is -2.22. The molecule has 0 aliphatic rings. The van der Waals surface area contributed by atoms with Crippen molar-refractivity contribution in [1.29, 1.82) is 0 Å². The van der Waals surface area contributed by atoms with Gasteiger partial charge < -0.3 is 10.6 Å². The zero-order valence-electron chi connectivity index (χ0n) is 13.9. The summed E-state index contributed by atoms with van der Waals surface area (Å²) in [7, 11) is 0. The Kier molecular flexibility index (Phi) is 6.01. The summed E-state index contributed by atoms with van der Waals surface area (Å²) in [6.07, 6.45) is 0. The van der Waals surface area contributed by atoms with Crippen LogP contribution in [0.1, 0.15) is 26.3 Å². The van der Waals surface area contributed by atoms with Crippen molar-refractivity contribution < 1.29 is 9.59 Å². The van der Waals surface area contributed by atoms with Gasteiger partial charge in [-0.15, -0.1) is 0 Å². The molecule has 5 heteroatoms. The molecule has 3 rings (SSSR count). The Hall–Kier alpha value is -2.67. The summed E-state index contributed by atoms with van der Waals surface area (Å²) in [6, 6.07) is 23.9. The first-order valence-corrected chi connectivity index (χ1v) is 9.19. The highest BCUT2D eigenvalue weighted by molar-refractivity contribution is 14.1. The lowest BCUT2D eigenvalue weighted by molar-refractivity contribution is 0.0950. The van der Waals surface area contributed by atoms with Gasteiger partial charge in [0.2, 0.25) is 0 Å². The summed E-state index contributed by atoms with van der Waals surface area (Å²) < 4.78 is 1.00. The first kappa shape index (κ1) is 18.1. The number of benzene rings is 3. The second-order valence-electron chi connectivity index (χ2n) is 5.71. The van der Waals surface area contributed by atoms with Crippen LogP contribution in [0, 0.1) is 3.57 Å². The van der Waals surface area contributed by atoms with Gasteiger partial charge in [-0.25, -0.2) is 0 Å². The Morgan fingerprint density at radius 2 is 1.50 bits per heavy atom. The minimum atomic E-state index is -0.176. The third kappa shape index (κ3) is 4.92. The van der Waals surface area contributed by atoms with Gasteiger partial charge in [0.25, 0.3) is 11.8 Å². The van der Waals surface area contributed by atoms with Gasteiger partial charge in [0.1, 0.15) is 0 Å². The van der Waals surface area contributed by atoms with E-state index >= 15 is 0 Å². The van der Waals surface area contributed by atoms with E-state index in [1.807, 2.05) is 48.5 Å². The Balaban J connectivity index is 1.59. The zero-order chi connectivity index (χ0) is 18.4. The van der Waals surface area contributed by atoms with Gasteiger partial charge in [0.15, 0.2) is 0 Å². The van der Waals surface area contributed by atoms with Gasteiger partial charge in [-0.05, 0) is 70.6 Å². The molecule has 0 aliphatic heterocycles. The summed E-state index contributed by atoms with van der Waals surface area (Å²) in [5, 5.41) is 5.72. The molecule has 0 atom stereocenters. The van der Waals surface area contributed by atoms with Crippen molar-refractivity contribution in [3.05, 3.63) is 99.1 Å². The van der Waals surface area contributed by atoms with Crippen molar-refractivity contribution in [1.82, 2.24) is 5.32 Å². The average Bonchev–Trinajstić information content (AvgIpc) is 2.67. The van der Waals surface area contributed by atoms with Crippen molar-refractivity contribution in [3.63, 3.8) is 0 Å². The van der Waals surface area contributed by atoms with Crippen LogP contribution in [0.25, 0.3) is 0 Å². The van der Waals surface area contributed by atoms with E-state index in [0.717, 1.165) is 9.13 Å². The number of amides is 2. The Labute approximate surface area is 165 Å². The van der Waals surface area contributed by atoms with E-state index in [2.05, 4.69) is 33.2 Å².